The summed E-state index contributed by atoms with van der Waals surface area (Å²) in [5, 5.41) is 8.90. The lowest BCUT2D eigenvalue weighted by atomic mass is 9.95. The maximum Gasteiger partial charge on any atom is 0.319 e. The lowest BCUT2D eigenvalue weighted by Gasteiger charge is -2.32. The van der Waals surface area contributed by atoms with Crippen LogP contribution in [0.3, 0.4) is 0 Å². The van der Waals surface area contributed by atoms with Crippen LogP contribution in [0.15, 0.2) is 12.1 Å². The number of hydrogen-bond acceptors (Lipinski definition) is 9. The Morgan fingerprint density at radius 1 is 1.21 bits per heavy atom. The molecule has 4 aromatic rings. The van der Waals surface area contributed by atoms with Crippen molar-refractivity contribution in [2.24, 2.45) is 0 Å². The van der Waals surface area contributed by atoms with Crippen molar-refractivity contribution in [3.05, 3.63) is 34.4 Å². The maximum absolute atomic E-state index is 16.9. The van der Waals surface area contributed by atoms with Crippen molar-refractivity contribution in [1.82, 2.24) is 14.9 Å². The first-order valence-corrected chi connectivity index (χ1v) is 15.7. The largest absolute Gasteiger partial charge is 0.489 e. The van der Waals surface area contributed by atoms with Crippen molar-refractivity contribution in [2.75, 3.05) is 43.5 Å². The molecule has 2 fully saturated rings. The minimum absolute atomic E-state index is 0.0361. The fraction of sp³-hybridized carbons (Fsp3) is 0.433. The van der Waals surface area contributed by atoms with Gasteiger partial charge < -0.3 is 20.1 Å². The summed E-state index contributed by atoms with van der Waals surface area (Å²) in [5.41, 5.74) is 4.07. The molecule has 47 heavy (non-hydrogen) atoms. The zero-order chi connectivity index (χ0) is 33.4. The van der Waals surface area contributed by atoms with Crippen molar-refractivity contribution in [3.8, 4) is 29.0 Å². The fourth-order valence-corrected chi connectivity index (χ4v) is 8.31. The van der Waals surface area contributed by atoms with Crippen molar-refractivity contribution < 1.29 is 40.2 Å². The van der Waals surface area contributed by atoms with E-state index in [0.717, 1.165) is 23.8 Å². The second kappa shape index (κ2) is 11.7. The van der Waals surface area contributed by atoms with Crippen molar-refractivity contribution in [1.29, 1.82) is 5.26 Å². The summed E-state index contributed by atoms with van der Waals surface area (Å²) in [7, 11) is 0. The Morgan fingerprint density at radius 3 is 2.72 bits per heavy atom. The van der Waals surface area contributed by atoms with E-state index in [1.165, 1.54) is 6.07 Å². The number of nitrogens with two attached hydrogens (primary N) is 1. The third-order valence-corrected chi connectivity index (χ3v) is 10.5. The monoisotopic (exact) mass is 700 g/mol. The molecule has 3 aliphatic heterocycles. The number of hydrogen-bond donors (Lipinski definition) is 1. The van der Waals surface area contributed by atoms with Crippen molar-refractivity contribution in [2.45, 2.75) is 49.9 Å². The molecule has 3 atom stereocenters. The molecule has 0 radical (unpaired) electrons. The Balaban J connectivity index is 1.48. The Kier molecular flexibility index (Phi) is 7.91. The van der Waals surface area contributed by atoms with Crippen LogP contribution in [0.25, 0.3) is 32.1 Å². The predicted molar refractivity (Wildman–Crippen MR) is 162 cm³/mol. The van der Waals surface area contributed by atoms with E-state index in [-0.39, 0.29) is 56.9 Å². The molecular weight excluding hydrogens is 677 g/mol. The number of halogens is 8. The molecule has 2 aromatic heterocycles. The molecule has 248 valence electrons. The first-order valence-electron chi connectivity index (χ1n) is 14.6. The van der Waals surface area contributed by atoms with Crippen LogP contribution >= 0.6 is 22.9 Å². The number of ether oxygens (including phenoxy) is 2. The molecule has 2 N–H and O–H groups in total. The number of benzene rings is 2. The van der Waals surface area contributed by atoms with Gasteiger partial charge in [-0.05, 0) is 31.0 Å². The van der Waals surface area contributed by atoms with Crippen molar-refractivity contribution >= 4 is 54.7 Å². The van der Waals surface area contributed by atoms with Gasteiger partial charge in [-0.2, -0.15) is 15.2 Å². The normalized spacial score (nSPS) is 22.7. The van der Waals surface area contributed by atoms with Crippen LogP contribution in [-0.4, -0.2) is 78.3 Å². The summed E-state index contributed by atoms with van der Waals surface area (Å²) < 4.78 is 114. The van der Waals surface area contributed by atoms with Gasteiger partial charge in [0.05, 0.1) is 32.8 Å². The Hall–Kier alpha value is -3.81. The third kappa shape index (κ3) is 5.05. The van der Waals surface area contributed by atoms with E-state index in [1.54, 1.807) is 0 Å². The second-order valence-corrected chi connectivity index (χ2v) is 13.2. The van der Waals surface area contributed by atoms with E-state index >= 15 is 4.39 Å². The third-order valence-electron chi connectivity index (χ3n) is 9.07. The Labute approximate surface area is 271 Å². The van der Waals surface area contributed by atoms with E-state index in [2.05, 4.69) is 9.97 Å². The lowest BCUT2D eigenvalue weighted by Crippen LogP contribution is -2.46. The number of fused-ring (bicyclic) bond motifs is 2. The molecule has 0 aliphatic carbocycles. The minimum Gasteiger partial charge on any atom is -0.489 e. The molecule has 17 heteroatoms. The molecule has 0 spiro atoms. The van der Waals surface area contributed by atoms with Gasteiger partial charge in [-0.15, -0.1) is 11.3 Å². The average molecular weight is 701 g/mol. The number of nitrogens with zero attached hydrogens (tertiary/aromatic N) is 5. The molecule has 8 nitrogen and oxygen atoms in total. The van der Waals surface area contributed by atoms with Crippen LogP contribution in [-0.2, 0) is 0 Å². The summed E-state index contributed by atoms with van der Waals surface area (Å²) in [6.07, 6.45) is -5.90. The highest BCUT2D eigenvalue weighted by atomic mass is 35.5. The van der Waals surface area contributed by atoms with Gasteiger partial charge in [0.15, 0.2) is 11.6 Å². The highest BCUT2D eigenvalue weighted by Crippen LogP contribution is 2.51. The quantitative estimate of drug-likeness (QED) is 0.207. The number of aromatic nitrogens is 2. The second-order valence-electron chi connectivity index (χ2n) is 11.8. The van der Waals surface area contributed by atoms with Gasteiger partial charge in [0.2, 0.25) is 0 Å². The van der Waals surface area contributed by atoms with Crippen LogP contribution in [0.2, 0.25) is 5.02 Å². The summed E-state index contributed by atoms with van der Waals surface area (Å²) in [6.45, 7) is -1.36. The standard InChI is InChI=1S/C30H24ClF7N6O2S/c31-21-19(13-2-3-15(33)25-18(13)14(7-39)27(40)47-25)22(36)23-20-24(21)45-10-16(26(37)38)44(9-17(34)35)28(20)42-29(41-23)46-11-30-4-1-5-43(30)8-12(32)6-30/h2-3,12,16-17,26H,1,4-6,8-11,40H2/t12-,16+,30+/m1/s1. The van der Waals surface area contributed by atoms with Gasteiger partial charge in [0.1, 0.15) is 53.6 Å². The topological polar surface area (TPSA) is 101 Å². The zero-order valence-electron chi connectivity index (χ0n) is 24.2. The number of nitrogen functional groups attached to an aromatic ring is 1. The summed E-state index contributed by atoms with van der Waals surface area (Å²) in [4.78, 5) is 11.0. The lowest BCUT2D eigenvalue weighted by molar-refractivity contribution is 0.0758. The summed E-state index contributed by atoms with van der Waals surface area (Å²) >= 11 is 7.50. The van der Waals surface area contributed by atoms with Crippen LogP contribution in [0.5, 0.6) is 11.8 Å². The number of thiophene rings is 1. The molecule has 0 saturated carbocycles. The molecule has 2 saturated heterocycles. The van der Waals surface area contributed by atoms with Gasteiger partial charge in [-0.3, -0.25) is 4.90 Å². The van der Waals surface area contributed by atoms with Gasteiger partial charge in [-0.25, -0.2) is 30.7 Å². The van der Waals surface area contributed by atoms with Crippen molar-refractivity contribution in [3.63, 3.8) is 0 Å². The predicted octanol–water partition coefficient (Wildman–Crippen LogP) is 6.95. The highest BCUT2D eigenvalue weighted by Gasteiger charge is 2.49. The minimum atomic E-state index is -3.21. The molecule has 0 bridgehead atoms. The molecule has 0 unspecified atom stereocenters. The molecule has 7 rings (SSSR count). The van der Waals surface area contributed by atoms with E-state index in [9.17, 15) is 31.6 Å². The van der Waals surface area contributed by atoms with E-state index in [1.807, 2.05) is 11.0 Å². The average Bonchev–Trinajstić information content (AvgIpc) is 3.63. The highest BCUT2D eigenvalue weighted by molar-refractivity contribution is 7.23. The Bertz CT molecular complexity index is 1960. The molecule has 2 aromatic carbocycles. The summed E-state index contributed by atoms with van der Waals surface area (Å²) in [6, 6.07) is 1.61. The van der Waals surface area contributed by atoms with Gasteiger partial charge >= 0.3 is 6.01 Å². The zero-order valence-corrected chi connectivity index (χ0v) is 25.8. The number of alkyl halides is 5. The van der Waals surface area contributed by atoms with Gasteiger partial charge in [-0.1, -0.05) is 17.7 Å². The van der Waals surface area contributed by atoms with E-state index in [4.69, 9.17) is 26.8 Å². The SMILES string of the molecule is N#Cc1c(N)sc2c(F)ccc(-c3c(Cl)c4c5c(nc(OC[C@@]67CCCN6C[C@H](F)C7)nc5c3F)N(CC(F)F)[C@H](C(F)F)CO4)c12. The molecule has 5 heterocycles. The van der Waals surface area contributed by atoms with E-state index < -0.39 is 83.3 Å². The molecule has 3 aliphatic rings. The van der Waals surface area contributed by atoms with E-state index in [0.29, 0.717) is 17.9 Å². The number of anilines is 2. The van der Waals surface area contributed by atoms with Gasteiger partial charge in [0, 0.05) is 23.9 Å². The first-order chi connectivity index (χ1) is 22.4. The summed E-state index contributed by atoms with van der Waals surface area (Å²) in [5.74, 6) is -2.80. The Morgan fingerprint density at radius 2 is 2.00 bits per heavy atom. The number of nitriles is 1. The van der Waals surface area contributed by atoms with Gasteiger partial charge in [0.25, 0.3) is 12.9 Å². The molecule has 0 amide bonds. The fourth-order valence-electron chi connectivity index (χ4n) is 7.03. The van der Waals surface area contributed by atoms with Crippen LogP contribution < -0.4 is 20.1 Å². The van der Waals surface area contributed by atoms with Crippen LogP contribution in [0.4, 0.5) is 41.6 Å². The van der Waals surface area contributed by atoms with Crippen LogP contribution in [0, 0.1) is 23.0 Å². The smallest absolute Gasteiger partial charge is 0.319 e. The first kappa shape index (κ1) is 31.8. The maximum atomic E-state index is 16.9. The van der Waals surface area contributed by atoms with Crippen LogP contribution in [0.1, 0.15) is 24.8 Å². The number of rotatable bonds is 7. The molecular formula is C30H24ClF7N6O2S.